The summed E-state index contributed by atoms with van der Waals surface area (Å²) in [5.74, 6) is 1.55. The number of nitrogens with zero attached hydrogens (tertiary/aromatic N) is 3. The highest BCUT2D eigenvalue weighted by atomic mass is 35.5. The minimum absolute atomic E-state index is 0. The first-order valence-corrected chi connectivity index (χ1v) is 7.35. The molecule has 0 amide bonds. The van der Waals surface area contributed by atoms with E-state index in [0.29, 0.717) is 13.2 Å². The van der Waals surface area contributed by atoms with Gasteiger partial charge in [0.1, 0.15) is 6.61 Å². The molecule has 124 valence electrons. The number of fused-ring (bicyclic) bond motifs is 1. The maximum atomic E-state index is 11.6. The number of ether oxygens (including phenoxy) is 2. The predicted octanol–water partition coefficient (Wildman–Crippen LogP) is 1.78. The van der Waals surface area contributed by atoms with Crippen LogP contribution in [0.4, 0.5) is 0 Å². The molecule has 1 unspecified atom stereocenters. The summed E-state index contributed by atoms with van der Waals surface area (Å²) < 4.78 is 13.1. The van der Waals surface area contributed by atoms with Gasteiger partial charge in [0.25, 0.3) is 5.56 Å². The second-order valence-corrected chi connectivity index (χ2v) is 5.25. The zero-order valence-corrected chi connectivity index (χ0v) is 13.7. The number of halogens is 1. The molecule has 0 saturated carbocycles. The zero-order valence-electron chi connectivity index (χ0n) is 12.9. The summed E-state index contributed by atoms with van der Waals surface area (Å²) in [7, 11) is 1.99. The van der Waals surface area contributed by atoms with Gasteiger partial charge in [0.15, 0.2) is 17.7 Å². The average molecular weight is 338 g/mol. The quantitative estimate of drug-likeness (QED) is 0.832. The number of likely N-dealkylation sites (N-methyl/N-ethyl adjacent to an activating group) is 1. The van der Waals surface area contributed by atoms with Crippen molar-refractivity contribution < 1.29 is 9.47 Å². The standard InChI is InChI=1S/C16H19N3O3.ClH/c1-18(10-5-11-19-15(20)8-4-9-17-19)16-12-21-13-6-2-3-7-14(13)22-16;/h2-4,6-9,16H,5,10-12H2,1H3;1H. The van der Waals surface area contributed by atoms with E-state index in [1.165, 1.54) is 10.7 Å². The molecular weight excluding hydrogens is 318 g/mol. The summed E-state index contributed by atoms with van der Waals surface area (Å²) in [5, 5.41) is 4.05. The summed E-state index contributed by atoms with van der Waals surface area (Å²) in [6, 6.07) is 10.8. The monoisotopic (exact) mass is 337 g/mol. The van der Waals surface area contributed by atoms with Crippen LogP contribution in [0, 0.1) is 0 Å². The van der Waals surface area contributed by atoms with Gasteiger partial charge in [0, 0.05) is 25.4 Å². The van der Waals surface area contributed by atoms with Crippen LogP contribution < -0.4 is 15.0 Å². The summed E-state index contributed by atoms with van der Waals surface area (Å²) in [4.78, 5) is 13.7. The highest BCUT2D eigenvalue weighted by molar-refractivity contribution is 5.85. The molecule has 0 fully saturated rings. The molecular formula is C16H20ClN3O3. The molecule has 1 aromatic heterocycles. The average Bonchev–Trinajstić information content (AvgIpc) is 2.56. The fourth-order valence-electron chi connectivity index (χ4n) is 2.39. The van der Waals surface area contributed by atoms with Gasteiger partial charge in [-0.1, -0.05) is 12.1 Å². The van der Waals surface area contributed by atoms with Gasteiger partial charge in [-0.25, -0.2) is 4.68 Å². The summed E-state index contributed by atoms with van der Waals surface area (Å²) in [5.41, 5.74) is -0.0728. The predicted molar refractivity (Wildman–Crippen MR) is 89.3 cm³/mol. The molecule has 0 saturated heterocycles. The van der Waals surface area contributed by atoms with E-state index < -0.39 is 0 Å². The summed E-state index contributed by atoms with van der Waals surface area (Å²) >= 11 is 0. The number of rotatable bonds is 5. The van der Waals surface area contributed by atoms with Crippen LogP contribution in [-0.4, -0.2) is 41.1 Å². The highest BCUT2D eigenvalue weighted by Crippen LogP contribution is 2.31. The van der Waals surface area contributed by atoms with E-state index >= 15 is 0 Å². The molecule has 1 aliphatic rings. The molecule has 1 aromatic carbocycles. The number of benzene rings is 1. The van der Waals surface area contributed by atoms with Gasteiger partial charge in [0.05, 0.1) is 0 Å². The lowest BCUT2D eigenvalue weighted by atomic mass is 10.3. The maximum Gasteiger partial charge on any atom is 0.266 e. The Labute approximate surface area is 141 Å². The van der Waals surface area contributed by atoms with Gasteiger partial charge in [-0.3, -0.25) is 9.69 Å². The van der Waals surface area contributed by atoms with E-state index in [2.05, 4.69) is 10.00 Å². The largest absolute Gasteiger partial charge is 0.484 e. The summed E-state index contributed by atoms with van der Waals surface area (Å²) in [6.45, 7) is 1.88. The number of aromatic nitrogens is 2. The smallest absolute Gasteiger partial charge is 0.266 e. The van der Waals surface area contributed by atoms with Crippen LogP contribution in [0.3, 0.4) is 0 Å². The van der Waals surface area contributed by atoms with Crippen LogP contribution in [-0.2, 0) is 6.54 Å². The van der Waals surface area contributed by atoms with Crippen molar-refractivity contribution >= 4 is 12.4 Å². The third-order valence-corrected chi connectivity index (χ3v) is 3.65. The molecule has 7 heteroatoms. The first kappa shape index (κ1) is 17.3. The van der Waals surface area contributed by atoms with Gasteiger partial charge >= 0.3 is 0 Å². The maximum absolute atomic E-state index is 11.6. The van der Waals surface area contributed by atoms with Crippen molar-refractivity contribution in [1.82, 2.24) is 14.7 Å². The van der Waals surface area contributed by atoms with Gasteiger partial charge in [-0.05, 0) is 31.7 Å². The van der Waals surface area contributed by atoms with E-state index in [1.54, 1.807) is 12.3 Å². The van der Waals surface area contributed by atoms with E-state index in [4.69, 9.17) is 9.47 Å². The van der Waals surface area contributed by atoms with Gasteiger partial charge in [-0.2, -0.15) is 5.10 Å². The topological polar surface area (TPSA) is 56.6 Å². The molecule has 23 heavy (non-hydrogen) atoms. The molecule has 3 rings (SSSR count). The number of hydrogen-bond acceptors (Lipinski definition) is 5. The molecule has 0 spiro atoms. The van der Waals surface area contributed by atoms with Crippen LogP contribution in [0.25, 0.3) is 0 Å². The third-order valence-electron chi connectivity index (χ3n) is 3.65. The Morgan fingerprint density at radius 1 is 1.26 bits per heavy atom. The lowest BCUT2D eigenvalue weighted by molar-refractivity contribution is -0.0161. The molecule has 0 aliphatic carbocycles. The Morgan fingerprint density at radius 3 is 2.83 bits per heavy atom. The van der Waals surface area contributed by atoms with E-state index in [-0.39, 0.29) is 24.2 Å². The number of hydrogen-bond donors (Lipinski definition) is 0. The van der Waals surface area contributed by atoms with E-state index in [0.717, 1.165) is 24.5 Å². The van der Waals surface area contributed by atoms with Crippen molar-refractivity contribution in [2.75, 3.05) is 20.2 Å². The Morgan fingerprint density at radius 2 is 2.04 bits per heavy atom. The van der Waals surface area contributed by atoms with E-state index in [9.17, 15) is 4.79 Å². The van der Waals surface area contributed by atoms with Crippen LogP contribution in [0.15, 0.2) is 47.4 Å². The molecule has 1 aliphatic heterocycles. The minimum Gasteiger partial charge on any atom is -0.484 e. The Balaban J connectivity index is 0.00000192. The van der Waals surface area contributed by atoms with Gasteiger partial charge < -0.3 is 9.47 Å². The van der Waals surface area contributed by atoms with Gasteiger partial charge in [0.2, 0.25) is 0 Å². The van der Waals surface area contributed by atoms with Crippen LogP contribution >= 0.6 is 12.4 Å². The molecule has 1 atom stereocenters. The minimum atomic E-state index is -0.115. The van der Waals surface area contributed by atoms with Crippen molar-refractivity contribution in [3.05, 3.63) is 52.9 Å². The normalized spacial score (nSPS) is 16.0. The Bertz CT molecular complexity index is 692. The molecule has 6 nitrogen and oxygen atoms in total. The second kappa shape index (κ2) is 7.99. The first-order valence-electron chi connectivity index (χ1n) is 7.35. The zero-order chi connectivity index (χ0) is 15.4. The van der Waals surface area contributed by atoms with Crippen molar-refractivity contribution in [3.63, 3.8) is 0 Å². The van der Waals surface area contributed by atoms with Crippen molar-refractivity contribution in [2.24, 2.45) is 0 Å². The third kappa shape index (κ3) is 4.24. The molecule has 0 bridgehead atoms. The SMILES string of the molecule is CN(CCCn1ncccc1=O)C1COc2ccccc2O1.Cl. The van der Waals surface area contributed by atoms with Crippen LogP contribution in [0.5, 0.6) is 11.5 Å². The Hall–Kier alpha value is -2.05. The lowest BCUT2D eigenvalue weighted by Crippen LogP contribution is -2.44. The van der Waals surface area contributed by atoms with Crippen molar-refractivity contribution in [2.45, 2.75) is 19.2 Å². The van der Waals surface area contributed by atoms with Crippen molar-refractivity contribution in [1.29, 1.82) is 0 Å². The van der Waals surface area contributed by atoms with Crippen LogP contribution in [0.1, 0.15) is 6.42 Å². The second-order valence-electron chi connectivity index (χ2n) is 5.25. The molecule has 2 aromatic rings. The van der Waals surface area contributed by atoms with Gasteiger partial charge in [-0.15, -0.1) is 12.4 Å². The fraction of sp³-hybridized carbons (Fsp3) is 0.375. The number of aryl methyl sites for hydroxylation is 1. The van der Waals surface area contributed by atoms with Crippen LogP contribution in [0.2, 0.25) is 0 Å². The van der Waals surface area contributed by atoms with E-state index in [1.807, 2.05) is 31.3 Å². The molecule has 0 radical (unpaired) electrons. The summed E-state index contributed by atoms with van der Waals surface area (Å²) in [6.07, 6.45) is 2.32. The first-order chi connectivity index (χ1) is 10.7. The fourth-order valence-corrected chi connectivity index (χ4v) is 2.39. The Kier molecular flexibility index (Phi) is 6.01. The highest BCUT2D eigenvalue weighted by Gasteiger charge is 2.23. The molecule has 0 N–H and O–H groups in total. The van der Waals surface area contributed by atoms with Crippen molar-refractivity contribution in [3.8, 4) is 11.5 Å². The molecule has 2 heterocycles. The lowest BCUT2D eigenvalue weighted by Gasteiger charge is -2.32. The number of para-hydroxylation sites is 2.